The number of aliphatic hydroxyl groups is 1. The van der Waals surface area contributed by atoms with Gasteiger partial charge < -0.3 is 29.0 Å². The van der Waals surface area contributed by atoms with Gasteiger partial charge in [-0.15, -0.1) is 0 Å². The molecule has 2 aromatic carbocycles. The first-order valence-electron chi connectivity index (χ1n) is 12.6. The molecule has 0 radical (unpaired) electrons. The second-order valence-electron chi connectivity index (χ2n) is 9.55. The quantitative estimate of drug-likeness (QED) is 0.318. The number of cyclic esters (lactones) is 1. The van der Waals surface area contributed by atoms with E-state index in [0.717, 1.165) is 16.8 Å². The molecule has 9 nitrogen and oxygen atoms in total. The van der Waals surface area contributed by atoms with Crippen LogP contribution < -0.4 is 10.2 Å². The molecule has 0 aromatic heterocycles. The average Bonchev–Trinajstić information content (AvgIpc) is 2.91. The Hall–Kier alpha value is -3.24. The lowest BCUT2D eigenvalue weighted by molar-refractivity contribution is -0.243. The number of para-hydroxylation sites is 1. The Bertz CT molecular complexity index is 1070. The Morgan fingerprint density at radius 1 is 1.16 bits per heavy atom. The fourth-order valence-electron chi connectivity index (χ4n) is 4.52. The van der Waals surface area contributed by atoms with Crippen LogP contribution >= 0.6 is 0 Å². The standard InChI is InChI=1S/C29H38N2O7/c1-20(16-21(2)25-18-29(34,27(35-4)36-5)30-28(33)38-25)24(37-19-22-12-8-6-9-13-22)17-26(32)31(3)23-14-10-7-11-15-23/h6-16,21,24-25,27,34H,17-19H2,1-5H3,(H,30,33)/b20-16+. The summed E-state index contributed by atoms with van der Waals surface area (Å²) >= 11 is 0. The van der Waals surface area contributed by atoms with E-state index in [0.29, 0.717) is 6.61 Å². The maximum Gasteiger partial charge on any atom is 0.409 e. The lowest BCUT2D eigenvalue weighted by atomic mass is 9.91. The number of carbonyl (C=O) groups excluding carboxylic acids is 2. The van der Waals surface area contributed by atoms with Crippen molar-refractivity contribution in [2.75, 3.05) is 26.2 Å². The van der Waals surface area contributed by atoms with E-state index in [1.807, 2.05) is 80.6 Å². The van der Waals surface area contributed by atoms with Crippen molar-refractivity contribution in [3.8, 4) is 0 Å². The highest BCUT2D eigenvalue weighted by Crippen LogP contribution is 2.29. The first kappa shape index (κ1) is 29.3. The van der Waals surface area contributed by atoms with Gasteiger partial charge in [0.1, 0.15) is 6.10 Å². The molecular weight excluding hydrogens is 488 g/mol. The van der Waals surface area contributed by atoms with Gasteiger partial charge in [-0.05, 0) is 30.2 Å². The summed E-state index contributed by atoms with van der Waals surface area (Å²) < 4.78 is 22.1. The van der Waals surface area contributed by atoms with Gasteiger partial charge in [-0.1, -0.05) is 61.5 Å². The molecule has 1 heterocycles. The fraction of sp³-hybridized carbons (Fsp3) is 0.448. The summed E-state index contributed by atoms with van der Waals surface area (Å²) in [6.07, 6.45) is -0.920. The number of methoxy groups -OCH3 is 2. The fourth-order valence-corrected chi connectivity index (χ4v) is 4.52. The van der Waals surface area contributed by atoms with Crippen LogP contribution in [0.4, 0.5) is 10.5 Å². The SMILES string of the molecule is COC(OC)C1(O)CC(C(C)/C=C(\C)C(CC(=O)N(C)c2ccccc2)OCc2ccccc2)OC(=O)N1. The number of hydrogen-bond donors (Lipinski definition) is 2. The van der Waals surface area contributed by atoms with Crippen LogP contribution in [0.3, 0.4) is 0 Å². The van der Waals surface area contributed by atoms with Crippen LogP contribution in [0.15, 0.2) is 72.3 Å². The highest BCUT2D eigenvalue weighted by Gasteiger charge is 2.47. The molecule has 0 aliphatic carbocycles. The van der Waals surface area contributed by atoms with Crippen LogP contribution in [0, 0.1) is 5.92 Å². The molecule has 0 saturated carbocycles. The summed E-state index contributed by atoms with van der Waals surface area (Å²) in [7, 11) is 4.51. The van der Waals surface area contributed by atoms with Gasteiger partial charge in [-0.3, -0.25) is 10.1 Å². The van der Waals surface area contributed by atoms with Crippen molar-refractivity contribution in [2.45, 2.75) is 57.5 Å². The molecule has 1 saturated heterocycles. The number of hydrogen-bond acceptors (Lipinski definition) is 7. The average molecular weight is 527 g/mol. The molecule has 0 spiro atoms. The molecular formula is C29H38N2O7. The summed E-state index contributed by atoms with van der Waals surface area (Å²) in [5, 5.41) is 13.4. The van der Waals surface area contributed by atoms with Gasteiger partial charge in [0, 0.05) is 39.3 Å². The molecule has 206 valence electrons. The van der Waals surface area contributed by atoms with Crippen LogP contribution in [-0.4, -0.2) is 62.6 Å². The maximum absolute atomic E-state index is 13.2. The number of nitrogens with zero attached hydrogens (tertiary/aromatic N) is 1. The zero-order valence-electron chi connectivity index (χ0n) is 22.6. The van der Waals surface area contributed by atoms with Crippen molar-refractivity contribution in [1.29, 1.82) is 0 Å². The first-order chi connectivity index (χ1) is 18.2. The van der Waals surface area contributed by atoms with Gasteiger partial charge in [0.05, 0.1) is 19.1 Å². The molecule has 0 bridgehead atoms. The molecule has 3 rings (SSSR count). The second kappa shape index (κ2) is 13.5. The number of nitrogens with one attached hydrogen (secondary N) is 1. The van der Waals surface area contributed by atoms with Crippen LogP contribution in [0.2, 0.25) is 0 Å². The zero-order chi connectivity index (χ0) is 27.7. The lowest BCUT2D eigenvalue weighted by Crippen LogP contribution is -2.64. The van der Waals surface area contributed by atoms with Gasteiger partial charge in [-0.2, -0.15) is 0 Å². The molecule has 38 heavy (non-hydrogen) atoms. The number of anilines is 1. The van der Waals surface area contributed by atoms with E-state index >= 15 is 0 Å². The van der Waals surface area contributed by atoms with Crippen LogP contribution in [0.1, 0.15) is 32.3 Å². The Morgan fingerprint density at radius 2 is 1.76 bits per heavy atom. The van der Waals surface area contributed by atoms with E-state index in [2.05, 4.69) is 5.32 Å². The van der Waals surface area contributed by atoms with Crippen LogP contribution in [0.5, 0.6) is 0 Å². The number of rotatable bonds is 12. The third kappa shape index (κ3) is 7.64. The lowest BCUT2D eigenvalue weighted by Gasteiger charge is -2.41. The van der Waals surface area contributed by atoms with Gasteiger partial charge in [0.2, 0.25) is 12.2 Å². The molecule has 4 unspecified atom stereocenters. The van der Waals surface area contributed by atoms with Crippen LogP contribution in [0.25, 0.3) is 0 Å². The van der Waals surface area contributed by atoms with Crippen molar-refractivity contribution in [3.63, 3.8) is 0 Å². The number of carbonyl (C=O) groups is 2. The van der Waals surface area contributed by atoms with Gasteiger partial charge in [-0.25, -0.2) is 4.79 Å². The van der Waals surface area contributed by atoms with E-state index in [1.54, 1.807) is 11.9 Å². The second-order valence-corrected chi connectivity index (χ2v) is 9.55. The molecule has 2 amide bonds. The minimum absolute atomic E-state index is 0.0429. The first-order valence-corrected chi connectivity index (χ1v) is 12.6. The normalized spacial score (nSPS) is 21.4. The summed E-state index contributed by atoms with van der Waals surface area (Å²) in [6, 6.07) is 19.2. The Morgan fingerprint density at radius 3 is 2.37 bits per heavy atom. The molecule has 4 atom stereocenters. The van der Waals surface area contributed by atoms with Crippen molar-refractivity contribution in [1.82, 2.24) is 5.32 Å². The van der Waals surface area contributed by atoms with Crippen molar-refractivity contribution >= 4 is 17.7 Å². The smallest absolute Gasteiger partial charge is 0.409 e. The van der Waals surface area contributed by atoms with Gasteiger partial charge in [0.25, 0.3) is 0 Å². The number of amides is 2. The third-order valence-corrected chi connectivity index (χ3v) is 6.70. The molecule has 2 N–H and O–H groups in total. The van der Waals surface area contributed by atoms with Gasteiger partial charge in [0.15, 0.2) is 5.72 Å². The van der Waals surface area contributed by atoms with Crippen LogP contribution in [-0.2, 0) is 30.3 Å². The molecule has 1 aliphatic heterocycles. The van der Waals surface area contributed by atoms with E-state index < -0.39 is 30.3 Å². The molecule has 1 fully saturated rings. The highest BCUT2D eigenvalue weighted by molar-refractivity contribution is 5.93. The molecule has 2 aromatic rings. The zero-order valence-corrected chi connectivity index (χ0v) is 22.6. The Labute approximate surface area is 224 Å². The Balaban J connectivity index is 1.78. The predicted octanol–water partition coefficient (Wildman–Crippen LogP) is 4.01. The number of alkyl carbamates (subject to hydrolysis) is 1. The largest absolute Gasteiger partial charge is 0.445 e. The Kier molecular flexibility index (Phi) is 10.4. The topological polar surface area (TPSA) is 107 Å². The molecule has 9 heteroatoms. The van der Waals surface area contributed by atoms with Crippen molar-refractivity contribution in [2.24, 2.45) is 5.92 Å². The monoisotopic (exact) mass is 526 g/mol. The highest BCUT2D eigenvalue weighted by atomic mass is 16.7. The van der Waals surface area contributed by atoms with Crippen molar-refractivity contribution < 1.29 is 33.6 Å². The number of benzene rings is 2. The van der Waals surface area contributed by atoms with E-state index in [9.17, 15) is 14.7 Å². The summed E-state index contributed by atoms with van der Waals surface area (Å²) in [5.41, 5.74) is 0.846. The predicted molar refractivity (Wildman–Crippen MR) is 143 cm³/mol. The van der Waals surface area contributed by atoms with Crippen molar-refractivity contribution in [3.05, 3.63) is 77.9 Å². The van der Waals surface area contributed by atoms with E-state index in [-0.39, 0.29) is 24.7 Å². The third-order valence-electron chi connectivity index (χ3n) is 6.70. The minimum Gasteiger partial charge on any atom is -0.445 e. The van der Waals surface area contributed by atoms with E-state index in [1.165, 1.54) is 14.2 Å². The number of ether oxygens (including phenoxy) is 4. The van der Waals surface area contributed by atoms with Gasteiger partial charge >= 0.3 is 6.09 Å². The van der Waals surface area contributed by atoms with E-state index in [4.69, 9.17) is 18.9 Å². The summed E-state index contributed by atoms with van der Waals surface area (Å²) in [6.45, 7) is 4.11. The minimum atomic E-state index is -1.75. The molecule has 1 aliphatic rings. The maximum atomic E-state index is 13.2. The summed E-state index contributed by atoms with van der Waals surface area (Å²) in [4.78, 5) is 27.1. The summed E-state index contributed by atoms with van der Waals surface area (Å²) in [5.74, 6) is -0.396.